The van der Waals surface area contributed by atoms with Gasteiger partial charge in [0.1, 0.15) is 6.04 Å². The van der Waals surface area contributed by atoms with E-state index >= 15 is 0 Å². The van der Waals surface area contributed by atoms with Crippen molar-refractivity contribution in [3.8, 4) is 0 Å². The Bertz CT molecular complexity index is 490. The molecule has 2 atom stereocenters. The van der Waals surface area contributed by atoms with Crippen LogP contribution >= 0.6 is 15.9 Å². The van der Waals surface area contributed by atoms with Crippen LogP contribution in [0, 0.1) is 5.92 Å². The predicted molar refractivity (Wildman–Crippen MR) is 81.5 cm³/mol. The monoisotopic (exact) mass is 341 g/mol. The van der Waals surface area contributed by atoms with E-state index in [2.05, 4.69) is 15.9 Å². The van der Waals surface area contributed by atoms with E-state index in [0.717, 1.165) is 10.0 Å². The molecule has 0 aromatic heterocycles. The van der Waals surface area contributed by atoms with Crippen molar-refractivity contribution in [2.75, 3.05) is 7.05 Å². The predicted octanol–water partition coefficient (Wildman–Crippen LogP) is 2.95. The molecule has 0 saturated carbocycles. The van der Waals surface area contributed by atoms with Gasteiger partial charge in [0.25, 0.3) is 0 Å². The van der Waals surface area contributed by atoms with Gasteiger partial charge in [0, 0.05) is 17.4 Å². The van der Waals surface area contributed by atoms with Crippen molar-refractivity contribution in [3.05, 3.63) is 34.3 Å². The molecule has 1 rings (SSSR count). The molecule has 1 amide bonds. The van der Waals surface area contributed by atoms with Gasteiger partial charge in [0.05, 0.1) is 0 Å². The van der Waals surface area contributed by atoms with E-state index in [1.54, 1.807) is 7.05 Å². The van der Waals surface area contributed by atoms with Crippen molar-refractivity contribution in [2.45, 2.75) is 32.7 Å². The smallest absolute Gasteiger partial charge is 0.326 e. The van der Waals surface area contributed by atoms with Crippen LogP contribution in [0.5, 0.6) is 0 Å². The number of amides is 1. The summed E-state index contributed by atoms with van der Waals surface area (Å²) in [7, 11) is 1.55. The number of likely N-dealkylation sites (N-methyl/N-ethyl adjacent to an activating group) is 1. The molecule has 0 aliphatic rings. The van der Waals surface area contributed by atoms with Crippen LogP contribution in [0.25, 0.3) is 0 Å². The van der Waals surface area contributed by atoms with Crippen LogP contribution in [-0.2, 0) is 16.0 Å². The number of benzene rings is 1. The Morgan fingerprint density at radius 3 is 2.55 bits per heavy atom. The SMILES string of the molecule is CCC(Cc1cccc(Br)c1)C(=O)N(C)C(C)C(=O)O. The van der Waals surface area contributed by atoms with Gasteiger partial charge < -0.3 is 10.0 Å². The van der Waals surface area contributed by atoms with Crippen LogP contribution < -0.4 is 0 Å². The van der Waals surface area contributed by atoms with Crippen molar-refractivity contribution >= 4 is 27.8 Å². The number of nitrogens with zero attached hydrogens (tertiary/aromatic N) is 1. The van der Waals surface area contributed by atoms with Crippen molar-refractivity contribution in [1.82, 2.24) is 4.90 Å². The van der Waals surface area contributed by atoms with Gasteiger partial charge in [-0.3, -0.25) is 4.79 Å². The summed E-state index contributed by atoms with van der Waals surface area (Å²) in [5.74, 6) is -1.31. The quantitative estimate of drug-likeness (QED) is 0.865. The number of carboxylic acid groups (broad SMARTS) is 1. The number of carbonyl (C=O) groups is 2. The molecule has 5 heteroatoms. The fourth-order valence-corrected chi connectivity index (χ4v) is 2.45. The van der Waals surface area contributed by atoms with Crippen LogP contribution in [0.2, 0.25) is 0 Å². The second-order valence-electron chi connectivity index (χ2n) is 4.90. The molecule has 20 heavy (non-hydrogen) atoms. The zero-order chi connectivity index (χ0) is 15.3. The molecule has 0 saturated heterocycles. The highest BCUT2D eigenvalue weighted by molar-refractivity contribution is 9.10. The maximum absolute atomic E-state index is 12.4. The normalized spacial score (nSPS) is 13.6. The molecule has 1 aromatic rings. The first kappa shape index (κ1) is 16.7. The number of hydrogen-bond acceptors (Lipinski definition) is 2. The van der Waals surface area contributed by atoms with Crippen LogP contribution in [0.15, 0.2) is 28.7 Å². The molecule has 0 aliphatic carbocycles. The molecule has 0 fully saturated rings. The number of halogens is 1. The van der Waals surface area contributed by atoms with Gasteiger partial charge in [-0.05, 0) is 37.5 Å². The Morgan fingerprint density at radius 1 is 1.40 bits per heavy atom. The molecular weight excluding hydrogens is 322 g/mol. The van der Waals surface area contributed by atoms with Crippen LogP contribution in [0.3, 0.4) is 0 Å². The fraction of sp³-hybridized carbons (Fsp3) is 0.467. The fourth-order valence-electron chi connectivity index (χ4n) is 2.00. The first-order valence-electron chi connectivity index (χ1n) is 6.60. The minimum Gasteiger partial charge on any atom is -0.480 e. The Kier molecular flexibility index (Phi) is 6.20. The third kappa shape index (κ3) is 4.34. The maximum atomic E-state index is 12.4. The largest absolute Gasteiger partial charge is 0.480 e. The minimum absolute atomic E-state index is 0.123. The molecule has 0 spiro atoms. The third-order valence-electron chi connectivity index (χ3n) is 3.50. The van der Waals surface area contributed by atoms with E-state index in [0.29, 0.717) is 12.8 Å². The zero-order valence-electron chi connectivity index (χ0n) is 12.0. The molecule has 2 unspecified atom stereocenters. The molecule has 4 nitrogen and oxygen atoms in total. The minimum atomic E-state index is -0.988. The Morgan fingerprint density at radius 2 is 2.05 bits per heavy atom. The summed E-state index contributed by atoms with van der Waals surface area (Å²) in [4.78, 5) is 24.6. The summed E-state index contributed by atoms with van der Waals surface area (Å²) in [5.41, 5.74) is 1.07. The lowest BCUT2D eigenvalue weighted by molar-refractivity contribution is -0.149. The second kappa shape index (κ2) is 7.43. The van der Waals surface area contributed by atoms with Gasteiger partial charge in [0.2, 0.25) is 5.91 Å². The number of carbonyl (C=O) groups excluding carboxylic acids is 1. The molecule has 0 aliphatic heterocycles. The summed E-state index contributed by atoms with van der Waals surface area (Å²) in [6.45, 7) is 3.46. The van der Waals surface area contributed by atoms with Crippen molar-refractivity contribution in [3.63, 3.8) is 0 Å². The van der Waals surface area contributed by atoms with Crippen molar-refractivity contribution < 1.29 is 14.7 Å². The van der Waals surface area contributed by atoms with Crippen LogP contribution in [-0.4, -0.2) is 35.0 Å². The van der Waals surface area contributed by atoms with Gasteiger partial charge in [-0.1, -0.05) is 35.0 Å². The lowest BCUT2D eigenvalue weighted by atomic mass is 9.95. The third-order valence-corrected chi connectivity index (χ3v) is 3.99. The van der Waals surface area contributed by atoms with E-state index in [1.165, 1.54) is 11.8 Å². The van der Waals surface area contributed by atoms with Crippen molar-refractivity contribution in [2.24, 2.45) is 5.92 Å². The number of hydrogen-bond donors (Lipinski definition) is 1. The molecule has 0 radical (unpaired) electrons. The van der Waals surface area contributed by atoms with Crippen LogP contribution in [0.1, 0.15) is 25.8 Å². The standard InChI is InChI=1S/C15H20BrNO3/c1-4-12(8-11-6-5-7-13(16)9-11)14(18)17(3)10(2)15(19)20/h5-7,9-10,12H,4,8H2,1-3H3,(H,19,20). The zero-order valence-corrected chi connectivity index (χ0v) is 13.6. The molecule has 1 aromatic carbocycles. The van der Waals surface area contributed by atoms with E-state index in [4.69, 9.17) is 5.11 Å². The maximum Gasteiger partial charge on any atom is 0.326 e. The summed E-state index contributed by atoms with van der Waals surface area (Å²) in [5, 5.41) is 8.98. The molecular formula is C15H20BrNO3. The first-order chi connectivity index (χ1) is 9.36. The van der Waals surface area contributed by atoms with E-state index in [1.807, 2.05) is 31.2 Å². The Hall–Kier alpha value is -1.36. The van der Waals surface area contributed by atoms with E-state index in [9.17, 15) is 9.59 Å². The summed E-state index contributed by atoms with van der Waals surface area (Å²) >= 11 is 3.41. The Balaban J connectivity index is 2.80. The first-order valence-corrected chi connectivity index (χ1v) is 7.40. The topological polar surface area (TPSA) is 57.6 Å². The van der Waals surface area contributed by atoms with Crippen molar-refractivity contribution in [1.29, 1.82) is 0 Å². The average molecular weight is 342 g/mol. The molecule has 0 bridgehead atoms. The Labute approximate surface area is 127 Å². The average Bonchev–Trinajstić information content (AvgIpc) is 2.42. The molecule has 110 valence electrons. The van der Waals surface area contributed by atoms with Crippen LogP contribution in [0.4, 0.5) is 0 Å². The molecule has 1 N–H and O–H groups in total. The summed E-state index contributed by atoms with van der Waals surface area (Å²) in [6.07, 6.45) is 1.30. The lowest BCUT2D eigenvalue weighted by Gasteiger charge is -2.26. The van der Waals surface area contributed by atoms with E-state index in [-0.39, 0.29) is 11.8 Å². The second-order valence-corrected chi connectivity index (χ2v) is 5.82. The lowest BCUT2D eigenvalue weighted by Crippen LogP contribution is -2.43. The number of rotatable bonds is 6. The van der Waals surface area contributed by atoms with Gasteiger partial charge in [0.15, 0.2) is 0 Å². The van der Waals surface area contributed by atoms with Gasteiger partial charge >= 0.3 is 5.97 Å². The summed E-state index contributed by atoms with van der Waals surface area (Å²) in [6, 6.07) is 7.02. The number of aliphatic carboxylic acids is 1. The highest BCUT2D eigenvalue weighted by Gasteiger charge is 2.27. The van der Waals surface area contributed by atoms with Gasteiger partial charge in [-0.25, -0.2) is 4.79 Å². The highest BCUT2D eigenvalue weighted by atomic mass is 79.9. The highest BCUT2D eigenvalue weighted by Crippen LogP contribution is 2.19. The summed E-state index contributed by atoms with van der Waals surface area (Å²) < 4.78 is 0.976. The van der Waals surface area contributed by atoms with E-state index < -0.39 is 12.0 Å². The number of carboxylic acids is 1. The van der Waals surface area contributed by atoms with Gasteiger partial charge in [-0.2, -0.15) is 0 Å². The molecule has 0 heterocycles. The van der Waals surface area contributed by atoms with Gasteiger partial charge in [-0.15, -0.1) is 0 Å².